The zero-order chi connectivity index (χ0) is 6.97. The average Bonchev–Trinajstić information content (AvgIpc) is 2.69. The summed E-state index contributed by atoms with van der Waals surface area (Å²) in [5.41, 5.74) is 1.41. The van der Waals surface area contributed by atoms with Crippen molar-refractivity contribution in [3.63, 3.8) is 0 Å². The summed E-state index contributed by atoms with van der Waals surface area (Å²) >= 11 is 0. The van der Waals surface area contributed by atoms with E-state index in [4.69, 9.17) is 0 Å². The van der Waals surface area contributed by atoms with Gasteiger partial charge in [0.2, 0.25) is 0 Å². The van der Waals surface area contributed by atoms with E-state index < -0.39 is 0 Å². The van der Waals surface area contributed by atoms with Gasteiger partial charge in [-0.15, -0.1) is 0 Å². The summed E-state index contributed by atoms with van der Waals surface area (Å²) in [7, 11) is 0. The third kappa shape index (κ3) is 0.919. The van der Waals surface area contributed by atoms with E-state index in [1.165, 1.54) is 12.0 Å². The molecule has 1 aromatic heterocycles. The molecule has 2 rings (SSSR count). The van der Waals surface area contributed by atoms with Crippen LogP contribution in [0.4, 0.5) is 0 Å². The van der Waals surface area contributed by atoms with Crippen LogP contribution in [0, 0.1) is 5.92 Å². The first-order chi connectivity index (χ1) is 4.88. The lowest BCUT2D eigenvalue weighted by Gasteiger charge is -1.93. The Hall–Kier alpha value is -0.850. The van der Waals surface area contributed by atoms with E-state index >= 15 is 0 Å². The monoisotopic (exact) mass is 133 g/mol. The minimum atomic E-state index is 0.814. The zero-order valence-electron chi connectivity index (χ0n) is 6.12. The maximum atomic E-state index is 4.08. The number of nitrogens with zero attached hydrogens (tertiary/aromatic N) is 1. The van der Waals surface area contributed by atoms with E-state index in [0.717, 1.165) is 11.8 Å². The Bertz CT molecular complexity index is 217. The van der Waals surface area contributed by atoms with Crippen LogP contribution < -0.4 is 0 Å². The Kier molecular flexibility index (Phi) is 1.23. The van der Waals surface area contributed by atoms with Gasteiger partial charge in [-0.1, -0.05) is 13.0 Å². The van der Waals surface area contributed by atoms with E-state index in [1.54, 1.807) is 0 Å². The van der Waals surface area contributed by atoms with Gasteiger partial charge in [-0.2, -0.15) is 0 Å². The third-order valence-corrected chi connectivity index (χ3v) is 2.22. The van der Waals surface area contributed by atoms with E-state index in [1.807, 2.05) is 18.5 Å². The van der Waals surface area contributed by atoms with Gasteiger partial charge >= 0.3 is 0 Å². The predicted octanol–water partition coefficient (Wildman–Crippen LogP) is 2.21. The van der Waals surface area contributed by atoms with Crippen molar-refractivity contribution >= 4 is 0 Å². The van der Waals surface area contributed by atoms with Gasteiger partial charge in [-0.3, -0.25) is 4.98 Å². The molecule has 1 nitrogen and oxygen atoms in total. The fourth-order valence-corrected chi connectivity index (χ4v) is 1.38. The quantitative estimate of drug-likeness (QED) is 0.572. The Morgan fingerprint density at radius 3 is 2.90 bits per heavy atom. The fraction of sp³-hybridized carbons (Fsp3) is 0.444. The van der Waals surface area contributed by atoms with Crippen molar-refractivity contribution in [2.75, 3.05) is 0 Å². The molecule has 0 radical (unpaired) electrons. The van der Waals surface area contributed by atoms with Crippen LogP contribution >= 0.6 is 0 Å². The number of hydrogen-bond donors (Lipinski definition) is 0. The lowest BCUT2D eigenvalue weighted by atomic mass is 10.2. The number of hydrogen-bond acceptors (Lipinski definition) is 1. The molecule has 0 saturated heterocycles. The lowest BCUT2D eigenvalue weighted by molar-refractivity contribution is 0.909. The lowest BCUT2D eigenvalue weighted by Crippen LogP contribution is -1.80. The second kappa shape index (κ2) is 2.08. The highest BCUT2D eigenvalue weighted by atomic mass is 14.6. The topological polar surface area (TPSA) is 12.9 Å². The maximum absolute atomic E-state index is 4.08. The Morgan fingerprint density at radius 1 is 1.60 bits per heavy atom. The van der Waals surface area contributed by atoms with Gasteiger partial charge in [-0.25, -0.2) is 0 Å². The summed E-state index contributed by atoms with van der Waals surface area (Å²) in [5.74, 6) is 1.71. The maximum Gasteiger partial charge on any atom is 0.0302 e. The van der Waals surface area contributed by atoms with Crippen LogP contribution in [0.25, 0.3) is 0 Å². The standard InChI is InChI=1S/C9H11N/c1-7-5-9(7)8-3-2-4-10-6-8/h2-4,6-7,9H,5H2,1H3. The molecular weight excluding hydrogens is 122 g/mol. The van der Waals surface area contributed by atoms with Gasteiger partial charge in [0.05, 0.1) is 0 Å². The van der Waals surface area contributed by atoms with Crippen LogP contribution in [0.3, 0.4) is 0 Å². The van der Waals surface area contributed by atoms with Gasteiger partial charge in [0.25, 0.3) is 0 Å². The Balaban J connectivity index is 2.20. The molecule has 0 N–H and O–H groups in total. The highest BCUT2D eigenvalue weighted by Gasteiger charge is 2.33. The van der Waals surface area contributed by atoms with Crippen molar-refractivity contribution in [1.82, 2.24) is 4.98 Å². The van der Waals surface area contributed by atoms with Crippen molar-refractivity contribution in [3.05, 3.63) is 30.1 Å². The van der Waals surface area contributed by atoms with Crippen LogP contribution in [0.5, 0.6) is 0 Å². The van der Waals surface area contributed by atoms with E-state index in [0.29, 0.717) is 0 Å². The Labute approximate surface area is 61.1 Å². The van der Waals surface area contributed by atoms with Gasteiger partial charge < -0.3 is 0 Å². The van der Waals surface area contributed by atoms with E-state index in [-0.39, 0.29) is 0 Å². The van der Waals surface area contributed by atoms with Gasteiger partial charge in [0.15, 0.2) is 0 Å². The first-order valence-electron chi connectivity index (χ1n) is 3.78. The largest absolute Gasteiger partial charge is 0.264 e. The average molecular weight is 133 g/mol. The van der Waals surface area contributed by atoms with Crippen molar-refractivity contribution in [1.29, 1.82) is 0 Å². The second-order valence-electron chi connectivity index (χ2n) is 3.11. The number of aromatic nitrogens is 1. The molecule has 1 heteroatoms. The molecule has 1 heterocycles. The van der Waals surface area contributed by atoms with Crippen LogP contribution in [0.1, 0.15) is 24.8 Å². The summed E-state index contributed by atoms with van der Waals surface area (Å²) < 4.78 is 0. The molecule has 0 aliphatic heterocycles. The molecule has 2 unspecified atom stereocenters. The van der Waals surface area contributed by atoms with Crippen molar-refractivity contribution in [3.8, 4) is 0 Å². The molecule has 0 aromatic carbocycles. The molecule has 0 spiro atoms. The zero-order valence-corrected chi connectivity index (χ0v) is 6.12. The minimum Gasteiger partial charge on any atom is -0.264 e. The SMILES string of the molecule is CC1CC1c1cccnc1. The third-order valence-electron chi connectivity index (χ3n) is 2.22. The van der Waals surface area contributed by atoms with E-state index in [2.05, 4.69) is 18.0 Å². The second-order valence-corrected chi connectivity index (χ2v) is 3.11. The summed E-state index contributed by atoms with van der Waals surface area (Å²) in [6.45, 7) is 2.29. The van der Waals surface area contributed by atoms with Crippen molar-refractivity contribution in [2.24, 2.45) is 5.92 Å². The Morgan fingerprint density at radius 2 is 2.40 bits per heavy atom. The minimum absolute atomic E-state index is 0.814. The molecule has 1 aromatic rings. The highest BCUT2D eigenvalue weighted by molar-refractivity contribution is 5.21. The summed E-state index contributed by atoms with van der Waals surface area (Å²) in [5, 5.41) is 0. The first-order valence-corrected chi connectivity index (χ1v) is 3.78. The van der Waals surface area contributed by atoms with Crippen molar-refractivity contribution in [2.45, 2.75) is 19.3 Å². The molecule has 1 aliphatic rings. The molecule has 2 atom stereocenters. The summed E-state index contributed by atoms with van der Waals surface area (Å²) in [6.07, 6.45) is 5.16. The number of rotatable bonds is 1. The van der Waals surface area contributed by atoms with Gasteiger partial charge in [0, 0.05) is 12.4 Å². The van der Waals surface area contributed by atoms with Crippen LogP contribution in [-0.2, 0) is 0 Å². The summed E-state index contributed by atoms with van der Waals surface area (Å²) in [4.78, 5) is 4.08. The molecule has 0 amide bonds. The fourth-order valence-electron chi connectivity index (χ4n) is 1.38. The summed E-state index contributed by atoms with van der Waals surface area (Å²) in [6, 6.07) is 4.18. The molecular formula is C9H11N. The molecule has 52 valence electrons. The van der Waals surface area contributed by atoms with Crippen LogP contribution in [-0.4, -0.2) is 4.98 Å². The normalized spacial score (nSPS) is 30.1. The van der Waals surface area contributed by atoms with E-state index in [9.17, 15) is 0 Å². The number of pyridine rings is 1. The molecule has 10 heavy (non-hydrogen) atoms. The highest BCUT2D eigenvalue weighted by Crippen LogP contribution is 2.46. The molecule has 1 fully saturated rings. The smallest absolute Gasteiger partial charge is 0.0302 e. The molecule has 1 aliphatic carbocycles. The van der Waals surface area contributed by atoms with Crippen LogP contribution in [0.2, 0.25) is 0 Å². The van der Waals surface area contributed by atoms with Gasteiger partial charge in [0.1, 0.15) is 0 Å². The molecule has 0 bridgehead atoms. The predicted molar refractivity (Wildman–Crippen MR) is 40.8 cm³/mol. The van der Waals surface area contributed by atoms with Gasteiger partial charge in [-0.05, 0) is 29.9 Å². The van der Waals surface area contributed by atoms with Crippen LogP contribution in [0.15, 0.2) is 24.5 Å². The first kappa shape index (κ1) is 5.90. The van der Waals surface area contributed by atoms with Crippen molar-refractivity contribution < 1.29 is 0 Å². The molecule has 1 saturated carbocycles.